The molecular formula is C9H8BrFN4. The first-order valence-corrected chi connectivity index (χ1v) is 5.09. The van der Waals surface area contributed by atoms with Crippen molar-refractivity contribution >= 4 is 15.9 Å². The molecule has 78 valence electrons. The zero-order valence-corrected chi connectivity index (χ0v) is 9.79. The summed E-state index contributed by atoms with van der Waals surface area (Å²) in [5.74, 6) is 1.02. The van der Waals surface area contributed by atoms with Gasteiger partial charge in [-0.3, -0.25) is 4.57 Å². The van der Waals surface area contributed by atoms with Gasteiger partial charge in [0.15, 0.2) is 11.6 Å². The molecule has 0 bridgehead atoms. The predicted octanol–water partition coefficient (Wildman–Crippen LogP) is 2.18. The van der Waals surface area contributed by atoms with Gasteiger partial charge in [0.2, 0.25) is 0 Å². The predicted molar refractivity (Wildman–Crippen MR) is 56.3 cm³/mol. The van der Waals surface area contributed by atoms with Crippen LogP contribution >= 0.6 is 15.9 Å². The maximum atomic E-state index is 13.7. The second kappa shape index (κ2) is 3.69. The number of aryl methyl sites for hydroxylation is 2. The number of hydrogen-bond donors (Lipinski definition) is 0. The molecule has 15 heavy (non-hydrogen) atoms. The minimum absolute atomic E-state index is 0.212. The van der Waals surface area contributed by atoms with E-state index in [0.717, 1.165) is 0 Å². The van der Waals surface area contributed by atoms with Crippen molar-refractivity contribution in [3.63, 3.8) is 0 Å². The van der Waals surface area contributed by atoms with Crippen LogP contribution in [0.15, 0.2) is 16.7 Å². The molecule has 2 rings (SSSR count). The first-order chi connectivity index (χ1) is 7.11. The molecule has 0 fully saturated rings. The first-order valence-electron chi connectivity index (χ1n) is 4.30. The lowest BCUT2D eigenvalue weighted by Gasteiger charge is -2.06. The summed E-state index contributed by atoms with van der Waals surface area (Å²) in [6, 6.07) is 1.55. The van der Waals surface area contributed by atoms with Crippen LogP contribution in [0, 0.1) is 19.7 Å². The van der Waals surface area contributed by atoms with Crippen molar-refractivity contribution in [2.75, 3.05) is 0 Å². The molecule has 0 aromatic carbocycles. The van der Waals surface area contributed by atoms with Gasteiger partial charge in [-0.25, -0.2) is 9.37 Å². The summed E-state index contributed by atoms with van der Waals surface area (Å²) in [4.78, 5) is 3.98. The van der Waals surface area contributed by atoms with Crippen molar-refractivity contribution in [3.8, 4) is 5.82 Å². The fourth-order valence-corrected chi connectivity index (χ4v) is 1.64. The summed E-state index contributed by atoms with van der Waals surface area (Å²) < 4.78 is 15.7. The summed E-state index contributed by atoms with van der Waals surface area (Å²) >= 11 is 3.11. The third-order valence-corrected chi connectivity index (χ3v) is 2.63. The third-order valence-electron chi connectivity index (χ3n) is 2.02. The highest BCUT2D eigenvalue weighted by Gasteiger charge is 2.14. The van der Waals surface area contributed by atoms with Crippen LogP contribution < -0.4 is 0 Å². The Hall–Kier alpha value is -1.30. The minimum Gasteiger partial charge on any atom is -0.264 e. The average molecular weight is 271 g/mol. The largest absolute Gasteiger partial charge is 0.264 e. The molecule has 2 aromatic heterocycles. The number of aromatic nitrogens is 4. The molecule has 0 aliphatic heterocycles. The normalized spacial score (nSPS) is 10.7. The van der Waals surface area contributed by atoms with Crippen LogP contribution in [0.5, 0.6) is 0 Å². The van der Waals surface area contributed by atoms with Gasteiger partial charge in [0.1, 0.15) is 11.6 Å². The fraction of sp³-hybridized carbons (Fsp3) is 0.222. The molecule has 2 heterocycles. The van der Waals surface area contributed by atoms with Crippen LogP contribution in [0.2, 0.25) is 0 Å². The molecule has 0 amide bonds. The van der Waals surface area contributed by atoms with Gasteiger partial charge in [-0.05, 0) is 35.8 Å². The Labute approximate surface area is 94.3 Å². The van der Waals surface area contributed by atoms with E-state index in [1.807, 2.05) is 0 Å². The lowest BCUT2D eigenvalue weighted by molar-refractivity contribution is 0.599. The third kappa shape index (κ3) is 1.65. The lowest BCUT2D eigenvalue weighted by Crippen LogP contribution is -2.05. The quantitative estimate of drug-likeness (QED) is 0.798. The van der Waals surface area contributed by atoms with E-state index in [1.165, 1.54) is 6.20 Å². The molecule has 0 aliphatic rings. The standard InChI is InChI=1S/C9H8BrFN4/c1-5-13-14-6(2)15(5)9-8(11)7(10)3-4-12-9/h3-4H,1-2H3. The van der Waals surface area contributed by atoms with Crippen molar-refractivity contribution in [2.24, 2.45) is 0 Å². The van der Waals surface area contributed by atoms with Crippen molar-refractivity contribution < 1.29 is 4.39 Å². The summed E-state index contributed by atoms with van der Waals surface area (Å²) in [5.41, 5.74) is 0. The molecule has 0 unspecified atom stereocenters. The van der Waals surface area contributed by atoms with Gasteiger partial charge in [0.25, 0.3) is 0 Å². The fourth-order valence-electron chi connectivity index (χ4n) is 1.34. The topological polar surface area (TPSA) is 43.6 Å². The van der Waals surface area contributed by atoms with Crippen LogP contribution in [0.4, 0.5) is 4.39 Å². The van der Waals surface area contributed by atoms with Crippen LogP contribution in [-0.2, 0) is 0 Å². The Balaban J connectivity index is 2.69. The molecular weight excluding hydrogens is 263 g/mol. The van der Waals surface area contributed by atoms with Crippen LogP contribution in [0.1, 0.15) is 11.6 Å². The molecule has 4 nitrogen and oxygen atoms in total. The smallest absolute Gasteiger partial charge is 0.180 e. The van der Waals surface area contributed by atoms with Crippen molar-refractivity contribution in [3.05, 3.63) is 34.2 Å². The highest BCUT2D eigenvalue weighted by Crippen LogP contribution is 2.20. The van der Waals surface area contributed by atoms with Crippen LogP contribution in [-0.4, -0.2) is 19.7 Å². The summed E-state index contributed by atoms with van der Waals surface area (Å²) in [6.07, 6.45) is 1.53. The molecule has 0 spiro atoms. The van der Waals surface area contributed by atoms with Crippen molar-refractivity contribution in [2.45, 2.75) is 13.8 Å². The number of pyridine rings is 1. The number of hydrogen-bond acceptors (Lipinski definition) is 3. The monoisotopic (exact) mass is 270 g/mol. The number of nitrogens with zero attached hydrogens (tertiary/aromatic N) is 4. The number of rotatable bonds is 1. The van der Waals surface area contributed by atoms with Crippen LogP contribution in [0.3, 0.4) is 0 Å². The molecule has 0 aliphatic carbocycles. The zero-order chi connectivity index (χ0) is 11.0. The molecule has 0 atom stereocenters. The first kappa shape index (κ1) is 10.2. The highest BCUT2D eigenvalue weighted by atomic mass is 79.9. The van der Waals surface area contributed by atoms with E-state index >= 15 is 0 Å². The van der Waals surface area contributed by atoms with Gasteiger partial charge in [-0.1, -0.05) is 0 Å². The van der Waals surface area contributed by atoms with Crippen LogP contribution in [0.25, 0.3) is 5.82 Å². The molecule has 0 saturated carbocycles. The van der Waals surface area contributed by atoms with E-state index in [2.05, 4.69) is 31.1 Å². The maximum Gasteiger partial charge on any atom is 0.180 e. The molecule has 6 heteroatoms. The van der Waals surface area contributed by atoms with E-state index in [9.17, 15) is 4.39 Å². The van der Waals surface area contributed by atoms with E-state index < -0.39 is 5.82 Å². The average Bonchev–Trinajstić information content (AvgIpc) is 2.52. The van der Waals surface area contributed by atoms with Gasteiger partial charge in [-0.15, -0.1) is 10.2 Å². The highest BCUT2D eigenvalue weighted by molar-refractivity contribution is 9.10. The Kier molecular flexibility index (Phi) is 2.52. The minimum atomic E-state index is -0.413. The van der Waals surface area contributed by atoms with E-state index in [1.54, 1.807) is 24.5 Å². The summed E-state index contributed by atoms with van der Waals surface area (Å²) in [6.45, 7) is 3.50. The second-order valence-electron chi connectivity index (χ2n) is 3.06. The maximum absolute atomic E-state index is 13.7. The molecule has 0 N–H and O–H groups in total. The Morgan fingerprint density at radius 2 is 1.87 bits per heavy atom. The SMILES string of the molecule is Cc1nnc(C)n1-c1nccc(Br)c1F. The van der Waals surface area contributed by atoms with E-state index in [4.69, 9.17) is 0 Å². The second-order valence-corrected chi connectivity index (χ2v) is 3.91. The Morgan fingerprint density at radius 3 is 2.47 bits per heavy atom. The zero-order valence-electron chi connectivity index (χ0n) is 8.20. The molecule has 2 aromatic rings. The molecule has 0 radical (unpaired) electrons. The summed E-state index contributed by atoms with van der Waals surface area (Å²) in [7, 11) is 0. The molecule has 0 saturated heterocycles. The Morgan fingerprint density at radius 1 is 1.27 bits per heavy atom. The number of halogens is 2. The van der Waals surface area contributed by atoms with E-state index in [-0.39, 0.29) is 5.82 Å². The van der Waals surface area contributed by atoms with E-state index in [0.29, 0.717) is 16.1 Å². The van der Waals surface area contributed by atoms with Gasteiger partial charge in [0, 0.05) is 6.20 Å². The lowest BCUT2D eigenvalue weighted by atomic mass is 10.4. The van der Waals surface area contributed by atoms with Crippen molar-refractivity contribution in [1.82, 2.24) is 19.7 Å². The van der Waals surface area contributed by atoms with Gasteiger partial charge in [0.05, 0.1) is 4.47 Å². The van der Waals surface area contributed by atoms with Gasteiger partial charge in [-0.2, -0.15) is 0 Å². The van der Waals surface area contributed by atoms with Gasteiger partial charge >= 0.3 is 0 Å². The van der Waals surface area contributed by atoms with Crippen molar-refractivity contribution in [1.29, 1.82) is 0 Å². The van der Waals surface area contributed by atoms with Gasteiger partial charge < -0.3 is 0 Å². The Bertz CT molecular complexity index is 489. The summed E-state index contributed by atoms with van der Waals surface area (Å²) in [5, 5.41) is 7.71.